The van der Waals surface area contributed by atoms with Gasteiger partial charge in [0.05, 0.1) is 12.3 Å². The van der Waals surface area contributed by atoms with Crippen molar-refractivity contribution in [2.45, 2.75) is 25.8 Å². The number of nitrogens with one attached hydrogen (secondary N) is 1. The fourth-order valence-electron chi connectivity index (χ4n) is 1.77. The summed E-state index contributed by atoms with van der Waals surface area (Å²) in [6.07, 6.45) is 6.15. The van der Waals surface area contributed by atoms with Crippen molar-refractivity contribution in [3.8, 4) is 0 Å². The molecule has 0 aliphatic rings. The second kappa shape index (κ2) is 9.28. The van der Waals surface area contributed by atoms with Gasteiger partial charge in [0.15, 0.2) is 0 Å². The van der Waals surface area contributed by atoms with E-state index in [4.69, 9.17) is 5.11 Å². The molecule has 116 valence electrons. The van der Waals surface area contributed by atoms with Crippen LogP contribution in [-0.2, 0) is 14.4 Å². The van der Waals surface area contributed by atoms with Crippen LogP contribution in [0.2, 0.25) is 0 Å². The van der Waals surface area contributed by atoms with Gasteiger partial charge in [-0.2, -0.15) is 0 Å². The van der Waals surface area contributed by atoms with Gasteiger partial charge in [-0.1, -0.05) is 36.4 Å². The zero-order valence-electron chi connectivity index (χ0n) is 12.4. The summed E-state index contributed by atoms with van der Waals surface area (Å²) in [5.74, 6) is -0.371. The van der Waals surface area contributed by atoms with E-state index in [2.05, 4.69) is 5.32 Å². The van der Waals surface area contributed by atoms with E-state index in [1.165, 1.54) is 0 Å². The third-order valence-corrected chi connectivity index (χ3v) is 3.08. The first-order chi connectivity index (χ1) is 10.6. The van der Waals surface area contributed by atoms with Crippen LogP contribution in [0.15, 0.2) is 35.9 Å². The summed E-state index contributed by atoms with van der Waals surface area (Å²) in [6, 6.07) is 6.51. The minimum absolute atomic E-state index is 0.221. The van der Waals surface area contributed by atoms with Crippen molar-refractivity contribution in [2.75, 3.05) is 0 Å². The standard InChI is InChI=1S/C17H19NO4/c1-13(17(22)18-16(12-21)7-4-10-19)8-9-14-5-2-3-6-15(14)11-20/h2-3,5-6,8-12,16,20H,4,7H2,1H3,(H,18,22)/b13-8+,14-9-,15-11+/t16-/m0/s1. The Morgan fingerprint density at radius 2 is 1.95 bits per heavy atom. The van der Waals surface area contributed by atoms with Gasteiger partial charge in [-0.15, -0.1) is 0 Å². The highest BCUT2D eigenvalue weighted by Gasteiger charge is 2.11. The number of amides is 1. The molecule has 1 aromatic carbocycles. The Morgan fingerprint density at radius 3 is 2.55 bits per heavy atom. The van der Waals surface area contributed by atoms with E-state index in [0.29, 0.717) is 23.4 Å². The monoisotopic (exact) mass is 301 g/mol. The number of rotatable bonds is 7. The highest BCUT2D eigenvalue weighted by atomic mass is 16.2. The Balaban J connectivity index is 2.86. The Kier molecular flexibility index (Phi) is 7.33. The topological polar surface area (TPSA) is 83.5 Å². The van der Waals surface area contributed by atoms with E-state index in [1.807, 2.05) is 12.1 Å². The molecule has 0 aliphatic heterocycles. The van der Waals surface area contributed by atoms with E-state index in [9.17, 15) is 14.4 Å². The van der Waals surface area contributed by atoms with Crippen LogP contribution in [-0.4, -0.2) is 29.6 Å². The Hall–Kier alpha value is -2.69. The van der Waals surface area contributed by atoms with Crippen LogP contribution in [0.4, 0.5) is 0 Å². The minimum Gasteiger partial charge on any atom is -0.515 e. The number of allylic oxidation sites excluding steroid dienone is 1. The van der Waals surface area contributed by atoms with E-state index >= 15 is 0 Å². The quantitative estimate of drug-likeness (QED) is 0.563. The molecular weight excluding hydrogens is 282 g/mol. The van der Waals surface area contributed by atoms with E-state index in [1.54, 1.807) is 31.2 Å². The molecule has 0 aromatic heterocycles. The molecule has 1 amide bonds. The lowest BCUT2D eigenvalue weighted by Crippen LogP contribution is -2.36. The first-order valence-corrected chi connectivity index (χ1v) is 6.90. The van der Waals surface area contributed by atoms with E-state index in [-0.39, 0.29) is 18.7 Å². The van der Waals surface area contributed by atoms with Crippen molar-refractivity contribution in [3.63, 3.8) is 0 Å². The van der Waals surface area contributed by atoms with Gasteiger partial charge in [-0.3, -0.25) is 4.79 Å². The molecule has 0 spiro atoms. The predicted molar refractivity (Wildman–Crippen MR) is 84.3 cm³/mol. The third kappa shape index (κ3) is 5.36. The van der Waals surface area contributed by atoms with Crippen molar-refractivity contribution < 1.29 is 19.5 Å². The Labute approximate surface area is 128 Å². The zero-order chi connectivity index (χ0) is 16.4. The van der Waals surface area contributed by atoms with Crippen molar-refractivity contribution >= 4 is 30.8 Å². The first kappa shape index (κ1) is 17.4. The summed E-state index contributed by atoms with van der Waals surface area (Å²) in [4.78, 5) is 33.1. The molecular formula is C17H19NO4. The second-order valence-electron chi connectivity index (χ2n) is 4.73. The van der Waals surface area contributed by atoms with Gasteiger partial charge in [0, 0.05) is 17.2 Å². The SMILES string of the molecule is C\C(=C/C=c1/cccc/c1=C\O)C(=O)N[C@H](C=O)CCC=O. The summed E-state index contributed by atoms with van der Waals surface area (Å²) >= 11 is 0. The number of aldehydes is 2. The van der Waals surface area contributed by atoms with Crippen LogP contribution >= 0.6 is 0 Å². The second-order valence-corrected chi connectivity index (χ2v) is 4.73. The van der Waals surface area contributed by atoms with Crippen LogP contribution < -0.4 is 15.8 Å². The molecule has 0 fully saturated rings. The summed E-state index contributed by atoms with van der Waals surface area (Å²) in [7, 11) is 0. The molecule has 5 nitrogen and oxygen atoms in total. The van der Waals surface area contributed by atoms with Crippen LogP contribution in [0.5, 0.6) is 0 Å². The summed E-state index contributed by atoms with van der Waals surface area (Å²) < 4.78 is 0. The van der Waals surface area contributed by atoms with E-state index < -0.39 is 6.04 Å². The van der Waals surface area contributed by atoms with Crippen LogP contribution in [0.25, 0.3) is 12.3 Å². The molecule has 1 rings (SSSR count). The van der Waals surface area contributed by atoms with Gasteiger partial charge in [-0.25, -0.2) is 0 Å². The molecule has 1 atom stereocenters. The van der Waals surface area contributed by atoms with Crippen LogP contribution in [0.3, 0.4) is 0 Å². The number of aliphatic hydroxyl groups is 1. The van der Waals surface area contributed by atoms with Gasteiger partial charge in [0.2, 0.25) is 5.91 Å². The molecule has 0 saturated heterocycles. The first-order valence-electron chi connectivity index (χ1n) is 6.90. The van der Waals surface area contributed by atoms with Crippen molar-refractivity contribution in [1.29, 1.82) is 0 Å². The lowest BCUT2D eigenvalue weighted by atomic mass is 10.1. The fourth-order valence-corrected chi connectivity index (χ4v) is 1.77. The average molecular weight is 301 g/mol. The van der Waals surface area contributed by atoms with Gasteiger partial charge in [0.1, 0.15) is 12.6 Å². The molecule has 0 aliphatic carbocycles. The molecule has 2 N–H and O–H groups in total. The van der Waals surface area contributed by atoms with Crippen molar-refractivity contribution in [1.82, 2.24) is 5.32 Å². The molecule has 0 saturated carbocycles. The normalized spacial score (nSPS) is 14.5. The molecule has 5 heteroatoms. The number of carbonyl (C=O) groups excluding carboxylic acids is 3. The molecule has 1 aromatic rings. The number of benzene rings is 1. The molecule has 0 heterocycles. The van der Waals surface area contributed by atoms with Gasteiger partial charge in [0.25, 0.3) is 0 Å². The minimum atomic E-state index is -0.667. The number of carbonyl (C=O) groups is 3. The largest absolute Gasteiger partial charge is 0.515 e. The van der Waals surface area contributed by atoms with Crippen molar-refractivity contribution in [3.05, 3.63) is 46.4 Å². The highest BCUT2D eigenvalue weighted by Crippen LogP contribution is 1.97. The molecule has 0 radical (unpaired) electrons. The maximum Gasteiger partial charge on any atom is 0.247 e. The predicted octanol–water partition coefficient (Wildman–Crippen LogP) is 0.372. The lowest BCUT2D eigenvalue weighted by Gasteiger charge is -2.11. The van der Waals surface area contributed by atoms with Gasteiger partial charge < -0.3 is 20.0 Å². The fraction of sp³-hybridized carbons (Fsp3) is 0.235. The Morgan fingerprint density at radius 1 is 1.27 bits per heavy atom. The lowest BCUT2D eigenvalue weighted by molar-refractivity contribution is -0.121. The van der Waals surface area contributed by atoms with Crippen molar-refractivity contribution in [2.24, 2.45) is 0 Å². The zero-order valence-corrected chi connectivity index (χ0v) is 12.4. The number of hydrogen-bond acceptors (Lipinski definition) is 4. The molecule has 0 bridgehead atoms. The summed E-state index contributed by atoms with van der Waals surface area (Å²) in [5, 5.41) is 13.1. The molecule has 0 unspecified atom stereocenters. The van der Waals surface area contributed by atoms with Gasteiger partial charge in [-0.05, 0) is 18.6 Å². The Bertz CT molecular complexity index is 676. The molecule has 22 heavy (non-hydrogen) atoms. The van der Waals surface area contributed by atoms with E-state index in [0.717, 1.165) is 11.5 Å². The maximum atomic E-state index is 11.9. The van der Waals surface area contributed by atoms with Gasteiger partial charge >= 0.3 is 0 Å². The summed E-state index contributed by atoms with van der Waals surface area (Å²) in [6.45, 7) is 1.62. The average Bonchev–Trinajstić information content (AvgIpc) is 2.56. The number of hydrogen-bond donors (Lipinski definition) is 2. The maximum absolute atomic E-state index is 11.9. The smallest absolute Gasteiger partial charge is 0.247 e. The van der Waals surface area contributed by atoms with Crippen LogP contribution in [0.1, 0.15) is 19.8 Å². The van der Waals surface area contributed by atoms with Crippen LogP contribution in [0, 0.1) is 0 Å². The highest BCUT2D eigenvalue weighted by molar-refractivity contribution is 5.95. The third-order valence-electron chi connectivity index (χ3n) is 3.08. The number of aliphatic hydroxyl groups excluding tert-OH is 1. The summed E-state index contributed by atoms with van der Waals surface area (Å²) in [5.41, 5.74) is 0.422.